The molecule has 5 nitrogen and oxygen atoms in total. The number of hydrogen-bond acceptors (Lipinski definition) is 4. The highest BCUT2D eigenvalue weighted by Crippen LogP contribution is 2.25. The van der Waals surface area contributed by atoms with Gasteiger partial charge in [0.25, 0.3) is 0 Å². The number of rotatable bonds is 5. The highest BCUT2D eigenvalue weighted by atomic mass is 32.2. The number of aromatic nitrogens is 2. The lowest BCUT2D eigenvalue weighted by molar-refractivity contribution is -0.117. The molecule has 1 aromatic carbocycles. The highest BCUT2D eigenvalue weighted by molar-refractivity contribution is 8.00. The van der Waals surface area contributed by atoms with Crippen molar-refractivity contribution in [2.75, 3.05) is 6.61 Å². The van der Waals surface area contributed by atoms with Crippen molar-refractivity contribution in [3.63, 3.8) is 0 Å². The summed E-state index contributed by atoms with van der Waals surface area (Å²) in [5.74, 6) is 0.448. The summed E-state index contributed by atoms with van der Waals surface area (Å²) in [7, 11) is 0. The number of imidazole rings is 1. The number of nitrogens with zero attached hydrogens (tertiary/aromatic N) is 1. The predicted molar refractivity (Wildman–Crippen MR) is 71.8 cm³/mol. The second-order valence-electron chi connectivity index (χ2n) is 3.82. The standard InChI is InChI=1S/C12H15N3O2S/c1-3-17-8-4-5-9-10(6-8)15-12(14-9)18-7(2)11(13)16/h4-7H,3H2,1-2H3,(H2,13,16)(H,14,15)/t7-/m0/s1. The van der Waals surface area contributed by atoms with Crippen molar-refractivity contribution in [2.45, 2.75) is 24.3 Å². The lowest BCUT2D eigenvalue weighted by Gasteiger charge is -2.02. The predicted octanol–water partition coefficient (Wildman–Crippen LogP) is 1.93. The van der Waals surface area contributed by atoms with Gasteiger partial charge in [0.1, 0.15) is 5.75 Å². The van der Waals surface area contributed by atoms with Gasteiger partial charge in [-0.15, -0.1) is 0 Å². The van der Waals surface area contributed by atoms with Crippen LogP contribution in [0.15, 0.2) is 23.4 Å². The number of ether oxygens (including phenoxy) is 1. The van der Waals surface area contributed by atoms with Crippen molar-refractivity contribution >= 4 is 28.7 Å². The third-order valence-electron chi connectivity index (χ3n) is 2.43. The number of benzene rings is 1. The third kappa shape index (κ3) is 2.76. The first-order valence-electron chi connectivity index (χ1n) is 5.68. The molecule has 0 saturated heterocycles. The van der Waals surface area contributed by atoms with E-state index in [9.17, 15) is 4.79 Å². The van der Waals surface area contributed by atoms with E-state index in [0.717, 1.165) is 16.8 Å². The maximum atomic E-state index is 11.0. The molecule has 96 valence electrons. The van der Waals surface area contributed by atoms with E-state index in [2.05, 4.69) is 9.97 Å². The SMILES string of the molecule is CCOc1ccc2nc(S[C@@H](C)C(N)=O)[nH]c2c1. The fourth-order valence-electron chi connectivity index (χ4n) is 1.50. The van der Waals surface area contributed by atoms with E-state index in [1.54, 1.807) is 6.92 Å². The molecule has 0 fully saturated rings. The van der Waals surface area contributed by atoms with Crippen LogP contribution in [0.1, 0.15) is 13.8 Å². The molecule has 1 amide bonds. The monoisotopic (exact) mass is 265 g/mol. The molecule has 2 rings (SSSR count). The Morgan fingerprint density at radius 3 is 3.06 bits per heavy atom. The third-order valence-corrected chi connectivity index (χ3v) is 3.43. The van der Waals surface area contributed by atoms with E-state index in [0.29, 0.717) is 11.8 Å². The van der Waals surface area contributed by atoms with Gasteiger partial charge in [0.05, 0.1) is 22.9 Å². The second kappa shape index (κ2) is 5.30. The quantitative estimate of drug-likeness (QED) is 0.809. The Bertz CT molecular complexity index is 567. The van der Waals surface area contributed by atoms with Gasteiger partial charge in [0.15, 0.2) is 5.16 Å². The number of aromatic amines is 1. The number of hydrogen-bond donors (Lipinski definition) is 2. The van der Waals surface area contributed by atoms with E-state index in [1.165, 1.54) is 11.8 Å². The number of H-pyrrole nitrogens is 1. The molecule has 0 unspecified atom stereocenters. The number of nitrogens with one attached hydrogen (secondary N) is 1. The number of amides is 1. The Labute approximate surface area is 109 Å². The Hall–Kier alpha value is -1.69. The van der Waals surface area contributed by atoms with Gasteiger partial charge in [-0.1, -0.05) is 11.8 Å². The number of primary amides is 1. The first-order chi connectivity index (χ1) is 8.60. The molecule has 3 N–H and O–H groups in total. The molecule has 6 heteroatoms. The molecule has 2 aromatic rings. The number of carbonyl (C=O) groups is 1. The van der Waals surface area contributed by atoms with E-state index in [1.807, 2.05) is 25.1 Å². The van der Waals surface area contributed by atoms with Crippen molar-refractivity contribution in [3.05, 3.63) is 18.2 Å². The van der Waals surface area contributed by atoms with E-state index < -0.39 is 0 Å². The number of fused-ring (bicyclic) bond motifs is 1. The van der Waals surface area contributed by atoms with Crippen molar-refractivity contribution < 1.29 is 9.53 Å². The van der Waals surface area contributed by atoms with E-state index in [4.69, 9.17) is 10.5 Å². The van der Waals surface area contributed by atoms with Crippen molar-refractivity contribution in [2.24, 2.45) is 5.73 Å². The Morgan fingerprint density at radius 1 is 1.61 bits per heavy atom. The molecule has 0 spiro atoms. The van der Waals surface area contributed by atoms with E-state index >= 15 is 0 Å². The van der Waals surface area contributed by atoms with Crippen LogP contribution >= 0.6 is 11.8 Å². The van der Waals surface area contributed by atoms with Gasteiger partial charge >= 0.3 is 0 Å². The van der Waals surface area contributed by atoms with E-state index in [-0.39, 0.29) is 11.2 Å². The van der Waals surface area contributed by atoms with Crippen molar-refractivity contribution in [1.29, 1.82) is 0 Å². The average Bonchev–Trinajstić information content (AvgIpc) is 2.70. The maximum absolute atomic E-state index is 11.0. The first-order valence-corrected chi connectivity index (χ1v) is 6.56. The fourth-order valence-corrected chi connectivity index (χ4v) is 2.27. The molecule has 0 radical (unpaired) electrons. The molecule has 0 aliphatic carbocycles. The average molecular weight is 265 g/mol. The fraction of sp³-hybridized carbons (Fsp3) is 0.333. The van der Waals surface area contributed by atoms with Gasteiger partial charge in [0, 0.05) is 6.07 Å². The molecule has 1 heterocycles. The van der Waals surface area contributed by atoms with Crippen LogP contribution in [0.4, 0.5) is 0 Å². The molecule has 1 aromatic heterocycles. The number of thioether (sulfide) groups is 1. The molecule has 0 saturated carbocycles. The zero-order chi connectivity index (χ0) is 13.1. The summed E-state index contributed by atoms with van der Waals surface area (Å²) in [5.41, 5.74) is 6.95. The smallest absolute Gasteiger partial charge is 0.230 e. The number of carbonyl (C=O) groups excluding carboxylic acids is 1. The maximum Gasteiger partial charge on any atom is 0.230 e. The number of nitrogens with two attached hydrogens (primary N) is 1. The molecular formula is C12H15N3O2S. The van der Waals surface area contributed by atoms with Crippen molar-refractivity contribution in [3.8, 4) is 5.75 Å². The summed E-state index contributed by atoms with van der Waals surface area (Å²) in [6, 6.07) is 5.65. The molecule has 0 aliphatic heterocycles. The van der Waals surface area contributed by atoms with Gasteiger partial charge in [0.2, 0.25) is 5.91 Å². The Morgan fingerprint density at radius 2 is 2.39 bits per heavy atom. The summed E-state index contributed by atoms with van der Waals surface area (Å²) in [6.45, 7) is 4.32. The van der Waals surface area contributed by atoms with Gasteiger partial charge < -0.3 is 15.5 Å². The van der Waals surface area contributed by atoms with Crippen LogP contribution in [0.5, 0.6) is 5.75 Å². The topological polar surface area (TPSA) is 81.0 Å². The highest BCUT2D eigenvalue weighted by Gasteiger charge is 2.13. The zero-order valence-electron chi connectivity index (χ0n) is 10.3. The van der Waals surface area contributed by atoms with Crippen LogP contribution in [0.3, 0.4) is 0 Å². The summed E-state index contributed by atoms with van der Waals surface area (Å²) in [6.07, 6.45) is 0. The molecule has 0 aliphatic rings. The molecular weight excluding hydrogens is 250 g/mol. The minimum atomic E-state index is -0.351. The summed E-state index contributed by atoms with van der Waals surface area (Å²) < 4.78 is 5.41. The molecule has 0 bridgehead atoms. The first kappa shape index (κ1) is 12.8. The lowest BCUT2D eigenvalue weighted by Crippen LogP contribution is -2.22. The van der Waals surface area contributed by atoms with Gasteiger partial charge in [-0.25, -0.2) is 4.98 Å². The van der Waals surface area contributed by atoms with Crippen LogP contribution in [0.2, 0.25) is 0 Å². The molecule has 1 atom stereocenters. The van der Waals surface area contributed by atoms with Crippen LogP contribution in [-0.4, -0.2) is 27.7 Å². The van der Waals surface area contributed by atoms with Crippen molar-refractivity contribution in [1.82, 2.24) is 9.97 Å². The van der Waals surface area contributed by atoms with Crippen LogP contribution < -0.4 is 10.5 Å². The normalized spacial score (nSPS) is 12.6. The Balaban J connectivity index is 2.24. The zero-order valence-corrected chi connectivity index (χ0v) is 11.1. The van der Waals surface area contributed by atoms with Crippen LogP contribution in [-0.2, 0) is 4.79 Å². The lowest BCUT2D eigenvalue weighted by atomic mass is 10.3. The second-order valence-corrected chi connectivity index (χ2v) is 5.15. The summed E-state index contributed by atoms with van der Waals surface area (Å²) in [4.78, 5) is 18.5. The minimum Gasteiger partial charge on any atom is -0.494 e. The summed E-state index contributed by atoms with van der Waals surface area (Å²) >= 11 is 1.31. The largest absolute Gasteiger partial charge is 0.494 e. The van der Waals surface area contributed by atoms with Crippen LogP contribution in [0, 0.1) is 0 Å². The molecule has 18 heavy (non-hydrogen) atoms. The Kier molecular flexibility index (Phi) is 3.76. The summed E-state index contributed by atoms with van der Waals surface area (Å²) in [5, 5.41) is 0.377. The van der Waals surface area contributed by atoms with Gasteiger partial charge in [-0.05, 0) is 26.0 Å². The van der Waals surface area contributed by atoms with Gasteiger partial charge in [-0.3, -0.25) is 4.79 Å². The minimum absolute atomic E-state index is 0.308. The van der Waals surface area contributed by atoms with Gasteiger partial charge in [-0.2, -0.15) is 0 Å². The van der Waals surface area contributed by atoms with Crippen LogP contribution in [0.25, 0.3) is 11.0 Å².